The molecule has 1 aliphatic carbocycles. The molecule has 1 N–H and O–H groups in total. The number of rotatable bonds is 5. The number of hydrogen-bond acceptors (Lipinski definition) is 1. The summed E-state index contributed by atoms with van der Waals surface area (Å²) in [7, 11) is 0. The first-order valence-corrected chi connectivity index (χ1v) is 7.59. The average molecular weight is 297 g/mol. The summed E-state index contributed by atoms with van der Waals surface area (Å²) in [6.07, 6.45) is 3.13. The lowest BCUT2D eigenvalue weighted by Gasteiger charge is -2.24. The van der Waals surface area contributed by atoms with E-state index in [0.717, 1.165) is 31.0 Å². The van der Waals surface area contributed by atoms with Crippen LogP contribution in [0.1, 0.15) is 43.7 Å². The van der Waals surface area contributed by atoms with Gasteiger partial charge in [0.25, 0.3) is 0 Å². The first-order chi connectivity index (χ1) is 10.0. The van der Waals surface area contributed by atoms with Crippen molar-refractivity contribution in [3.05, 3.63) is 47.0 Å². The lowest BCUT2D eigenvalue weighted by atomic mass is 9.90. The van der Waals surface area contributed by atoms with Gasteiger partial charge in [-0.3, -0.25) is 0 Å². The van der Waals surface area contributed by atoms with Gasteiger partial charge in [-0.05, 0) is 50.3 Å². The molecule has 2 rings (SSSR count). The Morgan fingerprint density at radius 3 is 2.67 bits per heavy atom. The van der Waals surface area contributed by atoms with Crippen LogP contribution >= 0.6 is 0 Å². The van der Waals surface area contributed by atoms with E-state index < -0.39 is 11.7 Å². The minimum absolute atomic E-state index is 0.152. The van der Waals surface area contributed by atoms with Gasteiger partial charge in [-0.25, -0.2) is 0 Å². The van der Waals surface area contributed by atoms with Crippen LogP contribution in [0.2, 0.25) is 0 Å². The van der Waals surface area contributed by atoms with E-state index in [9.17, 15) is 13.2 Å². The zero-order valence-corrected chi connectivity index (χ0v) is 12.3. The van der Waals surface area contributed by atoms with E-state index >= 15 is 0 Å². The summed E-state index contributed by atoms with van der Waals surface area (Å²) in [5.74, 6) is 0. The summed E-state index contributed by atoms with van der Waals surface area (Å²) < 4.78 is 38.3. The highest BCUT2D eigenvalue weighted by atomic mass is 19.4. The summed E-state index contributed by atoms with van der Waals surface area (Å²) >= 11 is 0. The predicted molar refractivity (Wildman–Crippen MR) is 79.2 cm³/mol. The molecule has 0 radical (unpaired) electrons. The summed E-state index contributed by atoms with van der Waals surface area (Å²) in [6.45, 7) is 2.85. The highest BCUT2D eigenvalue weighted by Gasteiger charge is 2.30. The Kier molecular flexibility index (Phi) is 5.45. The van der Waals surface area contributed by atoms with Gasteiger partial charge in [0.05, 0.1) is 5.56 Å². The molecule has 21 heavy (non-hydrogen) atoms. The average Bonchev–Trinajstić information content (AvgIpc) is 2.47. The highest BCUT2D eigenvalue weighted by Crippen LogP contribution is 2.30. The number of halogens is 3. The molecule has 0 aromatic heterocycles. The third-order valence-corrected chi connectivity index (χ3v) is 3.92. The van der Waals surface area contributed by atoms with Crippen molar-refractivity contribution in [2.75, 3.05) is 6.54 Å². The van der Waals surface area contributed by atoms with Gasteiger partial charge >= 0.3 is 6.18 Å². The predicted octanol–water partition coefficient (Wildman–Crippen LogP) is 4.73. The zero-order valence-electron chi connectivity index (χ0n) is 12.3. The fraction of sp³-hybridized carbons (Fsp3) is 0.529. The molecule has 1 atom stereocenters. The van der Waals surface area contributed by atoms with Gasteiger partial charge in [-0.15, -0.1) is 0 Å². The van der Waals surface area contributed by atoms with Crippen molar-refractivity contribution in [1.29, 1.82) is 0 Å². The maximum atomic E-state index is 12.8. The summed E-state index contributed by atoms with van der Waals surface area (Å²) in [4.78, 5) is 0. The summed E-state index contributed by atoms with van der Waals surface area (Å²) in [5.41, 5.74) is 1.52. The summed E-state index contributed by atoms with van der Waals surface area (Å²) in [5, 5.41) is 3.41. The molecular formula is C17H22F3N. The monoisotopic (exact) mass is 297 g/mol. The molecule has 0 spiro atoms. The van der Waals surface area contributed by atoms with E-state index in [-0.39, 0.29) is 6.04 Å². The smallest absolute Gasteiger partial charge is 0.310 e. The fourth-order valence-corrected chi connectivity index (χ4v) is 2.87. The molecule has 0 aliphatic heterocycles. The highest BCUT2D eigenvalue weighted by molar-refractivity contribution is 5.28. The standard InChI is InChI=1S/C17H22F3N/c1-2-21-16(14-8-4-3-5-9-14)12-13-7-6-10-15(11-13)17(18,19)20/h6-8,10-11,16,21H,2-5,9,12H2,1H3. The minimum Gasteiger partial charge on any atom is -0.310 e. The van der Waals surface area contributed by atoms with Gasteiger partial charge in [0.15, 0.2) is 0 Å². The second kappa shape index (κ2) is 7.12. The SMILES string of the molecule is CCNC(Cc1cccc(C(F)(F)F)c1)C1=CCCCC1. The molecule has 0 heterocycles. The number of nitrogens with one attached hydrogen (secondary N) is 1. The molecule has 0 bridgehead atoms. The maximum absolute atomic E-state index is 12.8. The third-order valence-electron chi connectivity index (χ3n) is 3.92. The van der Waals surface area contributed by atoms with E-state index in [4.69, 9.17) is 0 Å². The van der Waals surface area contributed by atoms with Crippen molar-refractivity contribution in [1.82, 2.24) is 5.32 Å². The fourth-order valence-electron chi connectivity index (χ4n) is 2.87. The Hall–Kier alpha value is -1.29. The molecular weight excluding hydrogens is 275 g/mol. The van der Waals surface area contributed by atoms with Crippen LogP contribution in [0.15, 0.2) is 35.9 Å². The number of likely N-dealkylation sites (N-methyl/N-ethyl adjacent to an activating group) is 1. The van der Waals surface area contributed by atoms with Crippen molar-refractivity contribution in [2.45, 2.75) is 51.2 Å². The van der Waals surface area contributed by atoms with Gasteiger partial charge in [-0.2, -0.15) is 13.2 Å². The van der Waals surface area contributed by atoms with Gasteiger partial charge in [-0.1, -0.05) is 36.8 Å². The van der Waals surface area contributed by atoms with E-state index in [1.165, 1.54) is 30.5 Å². The Balaban J connectivity index is 2.15. The Morgan fingerprint density at radius 1 is 1.24 bits per heavy atom. The Labute approximate surface area is 124 Å². The molecule has 1 aliphatic rings. The molecule has 4 heteroatoms. The molecule has 1 aromatic rings. The van der Waals surface area contributed by atoms with E-state index in [1.807, 2.05) is 6.92 Å². The van der Waals surface area contributed by atoms with Crippen molar-refractivity contribution >= 4 is 0 Å². The number of benzene rings is 1. The Bertz CT molecular complexity index is 491. The largest absolute Gasteiger partial charge is 0.416 e. The number of allylic oxidation sites excluding steroid dienone is 1. The van der Waals surface area contributed by atoms with Crippen molar-refractivity contribution in [2.24, 2.45) is 0 Å². The van der Waals surface area contributed by atoms with Gasteiger partial charge in [0.2, 0.25) is 0 Å². The number of hydrogen-bond donors (Lipinski definition) is 1. The van der Waals surface area contributed by atoms with Crippen LogP contribution in [0, 0.1) is 0 Å². The van der Waals surface area contributed by atoms with E-state index in [0.29, 0.717) is 6.42 Å². The Morgan fingerprint density at radius 2 is 2.05 bits per heavy atom. The van der Waals surface area contributed by atoms with Crippen LogP contribution in [0.4, 0.5) is 13.2 Å². The molecule has 1 aromatic carbocycles. The van der Waals surface area contributed by atoms with Crippen LogP contribution in [-0.2, 0) is 12.6 Å². The molecule has 1 nitrogen and oxygen atoms in total. The second-order valence-corrected chi connectivity index (χ2v) is 5.54. The quantitative estimate of drug-likeness (QED) is 0.775. The maximum Gasteiger partial charge on any atom is 0.416 e. The normalized spacial score (nSPS) is 17.4. The van der Waals surface area contributed by atoms with Crippen LogP contribution in [0.3, 0.4) is 0 Å². The van der Waals surface area contributed by atoms with Crippen LogP contribution < -0.4 is 5.32 Å². The van der Waals surface area contributed by atoms with E-state index in [1.54, 1.807) is 6.07 Å². The first-order valence-electron chi connectivity index (χ1n) is 7.59. The zero-order chi connectivity index (χ0) is 15.3. The minimum atomic E-state index is -4.27. The lowest BCUT2D eigenvalue weighted by Crippen LogP contribution is -2.33. The van der Waals surface area contributed by atoms with Crippen molar-refractivity contribution < 1.29 is 13.2 Å². The van der Waals surface area contributed by atoms with Crippen molar-refractivity contribution in [3.63, 3.8) is 0 Å². The van der Waals surface area contributed by atoms with Crippen LogP contribution in [0.5, 0.6) is 0 Å². The molecule has 0 amide bonds. The lowest BCUT2D eigenvalue weighted by molar-refractivity contribution is -0.137. The molecule has 1 unspecified atom stereocenters. The van der Waals surface area contributed by atoms with Gasteiger partial charge in [0.1, 0.15) is 0 Å². The van der Waals surface area contributed by atoms with Crippen LogP contribution in [0.25, 0.3) is 0 Å². The molecule has 0 saturated carbocycles. The van der Waals surface area contributed by atoms with Gasteiger partial charge in [0, 0.05) is 6.04 Å². The first kappa shape index (κ1) is 16.1. The topological polar surface area (TPSA) is 12.0 Å². The number of alkyl halides is 3. The van der Waals surface area contributed by atoms with E-state index in [2.05, 4.69) is 11.4 Å². The molecule has 0 saturated heterocycles. The molecule has 116 valence electrons. The van der Waals surface area contributed by atoms with Crippen LogP contribution in [-0.4, -0.2) is 12.6 Å². The second-order valence-electron chi connectivity index (χ2n) is 5.54. The van der Waals surface area contributed by atoms with Crippen molar-refractivity contribution in [3.8, 4) is 0 Å². The molecule has 0 fully saturated rings. The van der Waals surface area contributed by atoms with Gasteiger partial charge < -0.3 is 5.32 Å². The summed E-state index contributed by atoms with van der Waals surface area (Å²) in [6, 6.07) is 5.83. The third kappa shape index (κ3) is 4.60.